The lowest BCUT2D eigenvalue weighted by atomic mass is 10.0. The molecule has 0 saturated carbocycles. The van der Waals surface area contributed by atoms with Crippen LogP contribution in [0.25, 0.3) is 0 Å². The summed E-state index contributed by atoms with van der Waals surface area (Å²) in [4.78, 5) is 4.53. The lowest BCUT2D eigenvalue weighted by Gasteiger charge is -2.12. The second-order valence-electron chi connectivity index (χ2n) is 4.62. The molecule has 0 aliphatic heterocycles. The number of rotatable bonds is 0. The molecule has 23 heavy (non-hydrogen) atoms. The fourth-order valence-corrected chi connectivity index (χ4v) is 2.90. The maximum Gasteiger partial charge on any atom is 0.101 e. The fraction of sp³-hybridized carbons (Fsp3) is 0.476. The van der Waals surface area contributed by atoms with Gasteiger partial charge in [-0.25, -0.2) is 0 Å². The molecule has 0 saturated heterocycles. The summed E-state index contributed by atoms with van der Waals surface area (Å²) in [7, 11) is 0. The summed E-state index contributed by atoms with van der Waals surface area (Å²) in [6.45, 7) is 14.1. The van der Waals surface area contributed by atoms with Crippen LogP contribution in [0.1, 0.15) is 74.9 Å². The average molecular weight is 334 g/mol. The van der Waals surface area contributed by atoms with Crippen molar-refractivity contribution in [2.24, 2.45) is 0 Å². The maximum atomic E-state index is 6.57. The molecule has 0 N–H and O–H groups in total. The van der Waals surface area contributed by atoms with Crippen LogP contribution in [0.5, 0.6) is 0 Å². The van der Waals surface area contributed by atoms with Crippen LogP contribution in [0.15, 0.2) is 36.5 Å². The highest BCUT2D eigenvalue weighted by Gasteiger charge is 2.22. The van der Waals surface area contributed by atoms with Crippen molar-refractivity contribution in [3.8, 4) is 0 Å². The molecule has 0 spiro atoms. The molecule has 0 fully saturated rings. The van der Waals surface area contributed by atoms with Crippen molar-refractivity contribution in [1.29, 1.82) is 0 Å². The number of nitrogens with zero attached hydrogens (tertiary/aromatic N) is 1. The number of hydrogen-bond acceptors (Lipinski definition) is 1. The van der Waals surface area contributed by atoms with Crippen molar-refractivity contribution < 1.29 is 0 Å². The Morgan fingerprint density at radius 2 is 1.48 bits per heavy atom. The van der Waals surface area contributed by atoms with Gasteiger partial charge in [0, 0.05) is 6.20 Å². The Balaban J connectivity index is 0.000000728. The molecule has 2 heteroatoms. The topological polar surface area (TPSA) is 12.9 Å². The van der Waals surface area contributed by atoms with Crippen molar-refractivity contribution in [3.63, 3.8) is 0 Å². The van der Waals surface area contributed by atoms with Crippen LogP contribution in [-0.4, -0.2) is 4.98 Å². The molecule has 1 aliphatic rings. The van der Waals surface area contributed by atoms with Gasteiger partial charge in [-0.2, -0.15) is 0 Å². The molecule has 1 unspecified atom stereocenters. The second-order valence-corrected chi connectivity index (χ2v) is 5.05. The first kappa shape index (κ1) is 21.7. The fourth-order valence-electron chi connectivity index (χ4n) is 2.49. The van der Waals surface area contributed by atoms with Crippen LogP contribution in [0.2, 0.25) is 0 Å². The summed E-state index contributed by atoms with van der Waals surface area (Å²) in [5, 5.41) is -0.107. The molecule has 3 rings (SSSR count). The number of hydrogen-bond donors (Lipinski definition) is 0. The van der Waals surface area contributed by atoms with E-state index in [1.54, 1.807) is 0 Å². The van der Waals surface area contributed by atoms with Gasteiger partial charge in [0.2, 0.25) is 0 Å². The van der Waals surface area contributed by atoms with E-state index in [1.807, 2.05) is 53.8 Å². The number of alkyl halides is 1. The van der Waals surface area contributed by atoms with Gasteiger partial charge >= 0.3 is 0 Å². The summed E-state index contributed by atoms with van der Waals surface area (Å²) in [6.07, 6.45) is 3.99. The second kappa shape index (κ2) is 12.1. The number of halogens is 1. The van der Waals surface area contributed by atoms with Crippen molar-refractivity contribution in [1.82, 2.24) is 4.98 Å². The Morgan fingerprint density at radius 1 is 0.913 bits per heavy atom. The van der Waals surface area contributed by atoms with Gasteiger partial charge in [-0.05, 0) is 42.0 Å². The molecular weight excluding hydrogens is 302 g/mol. The number of benzene rings is 1. The van der Waals surface area contributed by atoms with E-state index in [1.165, 1.54) is 22.3 Å². The maximum absolute atomic E-state index is 6.57. The van der Waals surface area contributed by atoms with Crippen molar-refractivity contribution >= 4 is 11.6 Å². The molecule has 2 aromatic rings. The van der Waals surface area contributed by atoms with E-state index >= 15 is 0 Å². The Morgan fingerprint density at radius 3 is 2.13 bits per heavy atom. The summed E-state index contributed by atoms with van der Waals surface area (Å²) >= 11 is 6.57. The minimum absolute atomic E-state index is 0.107. The Labute approximate surface area is 148 Å². The van der Waals surface area contributed by atoms with E-state index in [0.29, 0.717) is 0 Å². The third-order valence-electron chi connectivity index (χ3n) is 3.37. The molecule has 1 atom stereocenters. The normalized spacial score (nSPS) is 14.2. The molecule has 1 aromatic heterocycles. The number of aromatic nitrogens is 1. The van der Waals surface area contributed by atoms with Crippen molar-refractivity contribution in [2.45, 2.75) is 66.7 Å². The first-order chi connectivity index (χ1) is 11.3. The van der Waals surface area contributed by atoms with E-state index in [-0.39, 0.29) is 5.38 Å². The largest absolute Gasteiger partial charge is 0.259 e. The van der Waals surface area contributed by atoms with Gasteiger partial charge in [-0.15, -0.1) is 11.6 Å². The molecule has 128 valence electrons. The van der Waals surface area contributed by atoms with E-state index in [9.17, 15) is 0 Å². The van der Waals surface area contributed by atoms with Crippen LogP contribution >= 0.6 is 11.6 Å². The third kappa shape index (κ3) is 5.66. The summed E-state index contributed by atoms with van der Waals surface area (Å²) in [5.41, 5.74) is 6.09. The lowest BCUT2D eigenvalue weighted by molar-refractivity contribution is 0.944. The predicted molar refractivity (Wildman–Crippen MR) is 105 cm³/mol. The highest BCUT2D eigenvalue weighted by molar-refractivity contribution is 6.22. The highest BCUT2D eigenvalue weighted by Crippen LogP contribution is 2.35. The van der Waals surface area contributed by atoms with E-state index in [2.05, 4.69) is 36.2 Å². The van der Waals surface area contributed by atoms with E-state index in [0.717, 1.165) is 18.5 Å². The van der Waals surface area contributed by atoms with Gasteiger partial charge in [-0.3, -0.25) is 4.98 Å². The van der Waals surface area contributed by atoms with Crippen molar-refractivity contribution in [3.05, 3.63) is 64.5 Å². The standard InChI is InChI=1S/C15H14ClN.3C2H6/c1-10-8-12-7-6-11-4-2-3-5-13(11)14(16)15(12)17-9-10;3*1-2/h2-5,8-9,14H,6-7H2,1H3;3*1-2H3. The van der Waals surface area contributed by atoms with E-state index < -0.39 is 0 Å². The summed E-state index contributed by atoms with van der Waals surface area (Å²) in [5.74, 6) is 0. The molecule has 1 heterocycles. The minimum Gasteiger partial charge on any atom is -0.259 e. The van der Waals surface area contributed by atoms with Crippen LogP contribution in [0, 0.1) is 6.92 Å². The van der Waals surface area contributed by atoms with Crippen LogP contribution in [-0.2, 0) is 12.8 Å². The first-order valence-electron chi connectivity index (χ1n) is 8.93. The van der Waals surface area contributed by atoms with Gasteiger partial charge in [0.25, 0.3) is 0 Å². The smallest absolute Gasteiger partial charge is 0.101 e. The van der Waals surface area contributed by atoms with Crippen LogP contribution in [0.3, 0.4) is 0 Å². The minimum atomic E-state index is -0.107. The third-order valence-corrected chi connectivity index (χ3v) is 3.81. The van der Waals surface area contributed by atoms with Crippen LogP contribution in [0.4, 0.5) is 0 Å². The molecule has 1 aromatic carbocycles. The average Bonchev–Trinajstić information content (AvgIpc) is 2.77. The predicted octanol–water partition coefficient (Wildman–Crippen LogP) is 6.90. The zero-order chi connectivity index (χ0) is 17.8. The zero-order valence-corrected chi connectivity index (χ0v) is 16.5. The lowest BCUT2D eigenvalue weighted by Crippen LogP contribution is -2.00. The Kier molecular flexibility index (Phi) is 11.4. The van der Waals surface area contributed by atoms with Crippen LogP contribution < -0.4 is 0 Å². The van der Waals surface area contributed by atoms with Gasteiger partial charge in [0.1, 0.15) is 5.38 Å². The Bertz CT molecular complexity index is 564. The number of pyridine rings is 1. The molecule has 0 amide bonds. The van der Waals surface area contributed by atoms with Gasteiger partial charge in [0.15, 0.2) is 0 Å². The molecule has 1 nitrogen and oxygen atoms in total. The molecule has 0 radical (unpaired) electrons. The molecular formula is C21H32ClN. The van der Waals surface area contributed by atoms with E-state index in [4.69, 9.17) is 11.6 Å². The van der Waals surface area contributed by atoms with Crippen molar-refractivity contribution in [2.75, 3.05) is 0 Å². The van der Waals surface area contributed by atoms with Gasteiger partial charge in [-0.1, -0.05) is 71.9 Å². The zero-order valence-electron chi connectivity index (χ0n) is 15.8. The monoisotopic (exact) mass is 333 g/mol. The quantitative estimate of drug-likeness (QED) is 0.478. The highest BCUT2D eigenvalue weighted by atomic mass is 35.5. The number of aryl methyl sites for hydroxylation is 3. The SMILES string of the molecule is CC.CC.CC.Cc1cnc2c(c1)CCc1ccccc1C2Cl. The summed E-state index contributed by atoms with van der Waals surface area (Å²) < 4.78 is 0. The molecule has 1 aliphatic carbocycles. The Hall–Kier alpha value is -1.34. The number of fused-ring (bicyclic) bond motifs is 2. The molecule has 0 bridgehead atoms. The van der Waals surface area contributed by atoms with Gasteiger partial charge in [0.05, 0.1) is 5.69 Å². The summed E-state index contributed by atoms with van der Waals surface area (Å²) in [6, 6.07) is 10.6. The van der Waals surface area contributed by atoms with Gasteiger partial charge < -0.3 is 0 Å². The first-order valence-corrected chi connectivity index (χ1v) is 9.36.